The Balaban J connectivity index is 2.69. The minimum absolute atomic E-state index is 0.0693. The van der Waals surface area contributed by atoms with Crippen LogP contribution in [0.3, 0.4) is 0 Å². The average molecular weight is 207 g/mol. The highest BCUT2D eigenvalue weighted by atomic mass is 16.1. The average Bonchev–Trinajstić information content (AvgIpc) is 2.40. The fraction of sp³-hybridized carbons (Fsp3) is 0.455. The predicted molar refractivity (Wildman–Crippen MR) is 59.3 cm³/mol. The smallest absolute Gasteiger partial charge is 0.243 e. The molecule has 1 rings (SSSR count). The van der Waals surface area contributed by atoms with E-state index in [-0.39, 0.29) is 5.91 Å². The Labute approximate surface area is 90.0 Å². The number of nitrogens with zero attached hydrogens (tertiary/aromatic N) is 2. The van der Waals surface area contributed by atoms with Gasteiger partial charge in [0.25, 0.3) is 0 Å². The molecular formula is C11H17N3O. The summed E-state index contributed by atoms with van der Waals surface area (Å²) < 4.78 is 1.83. The third-order valence-electron chi connectivity index (χ3n) is 2.42. The van der Waals surface area contributed by atoms with Crippen LogP contribution in [0.1, 0.15) is 23.9 Å². The molecule has 1 aromatic rings. The lowest BCUT2D eigenvalue weighted by Crippen LogP contribution is -2.20. The van der Waals surface area contributed by atoms with E-state index in [4.69, 9.17) is 0 Å². The van der Waals surface area contributed by atoms with Crippen molar-refractivity contribution in [2.45, 2.75) is 27.3 Å². The predicted octanol–water partition coefficient (Wildman–Crippen LogP) is 1.23. The molecule has 0 aliphatic carbocycles. The summed E-state index contributed by atoms with van der Waals surface area (Å²) >= 11 is 0. The van der Waals surface area contributed by atoms with Gasteiger partial charge in [-0.05, 0) is 26.8 Å². The number of amides is 1. The molecule has 0 spiro atoms. The molecule has 0 radical (unpaired) electrons. The third kappa shape index (κ3) is 2.68. The van der Waals surface area contributed by atoms with Crippen molar-refractivity contribution in [2.24, 2.45) is 7.05 Å². The van der Waals surface area contributed by atoms with Crippen LogP contribution in [-0.4, -0.2) is 15.7 Å². The van der Waals surface area contributed by atoms with Gasteiger partial charge in [0.1, 0.15) is 0 Å². The van der Waals surface area contributed by atoms with E-state index in [0.29, 0.717) is 6.54 Å². The van der Waals surface area contributed by atoms with E-state index < -0.39 is 0 Å². The molecule has 1 amide bonds. The molecule has 0 saturated heterocycles. The van der Waals surface area contributed by atoms with E-state index in [9.17, 15) is 4.79 Å². The van der Waals surface area contributed by atoms with E-state index in [1.54, 1.807) is 6.08 Å². The molecule has 0 unspecified atom stereocenters. The number of carbonyl (C=O) groups excluding carboxylic acids is 1. The van der Waals surface area contributed by atoms with E-state index in [0.717, 1.165) is 17.0 Å². The summed E-state index contributed by atoms with van der Waals surface area (Å²) in [7, 11) is 1.90. The Morgan fingerprint density at radius 2 is 2.20 bits per heavy atom. The molecule has 4 heteroatoms. The second-order valence-electron chi connectivity index (χ2n) is 3.49. The summed E-state index contributed by atoms with van der Waals surface area (Å²) in [6.07, 6.45) is 3.24. The lowest BCUT2D eigenvalue weighted by molar-refractivity contribution is -0.116. The molecule has 15 heavy (non-hydrogen) atoms. The largest absolute Gasteiger partial charge is 0.348 e. The molecule has 0 fully saturated rings. The second kappa shape index (κ2) is 4.77. The normalized spacial score (nSPS) is 10.9. The second-order valence-corrected chi connectivity index (χ2v) is 3.49. The number of hydrogen-bond donors (Lipinski definition) is 1. The van der Waals surface area contributed by atoms with Crippen molar-refractivity contribution in [2.75, 3.05) is 0 Å². The molecule has 1 aromatic heterocycles. The molecule has 0 bridgehead atoms. The lowest BCUT2D eigenvalue weighted by atomic mass is 10.2. The highest BCUT2D eigenvalue weighted by molar-refractivity contribution is 5.87. The topological polar surface area (TPSA) is 46.9 Å². The van der Waals surface area contributed by atoms with E-state index in [2.05, 4.69) is 10.4 Å². The maximum atomic E-state index is 11.2. The van der Waals surface area contributed by atoms with Gasteiger partial charge in [0.2, 0.25) is 5.91 Å². The first-order valence-electron chi connectivity index (χ1n) is 4.96. The van der Waals surface area contributed by atoms with Crippen LogP contribution in [-0.2, 0) is 18.4 Å². The summed E-state index contributed by atoms with van der Waals surface area (Å²) in [5, 5.41) is 7.10. The monoisotopic (exact) mass is 207 g/mol. The van der Waals surface area contributed by atoms with Gasteiger partial charge in [0.05, 0.1) is 5.69 Å². The van der Waals surface area contributed by atoms with Gasteiger partial charge >= 0.3 is 0 Å². The Hall–Kier alpha value is -1.58. The number of aromatic nitrogens is 2. The SMILES string of the molecule is C/C=C/C(=O)NCc1c(C)nn(C)c1C. The Morgan fingerprint density at radius 3 is 2.67 bits per heavy atom. The van der Waals surface area contributed by atoms with E-state index in [1.165, 1.54) is 6.08 Å². The minimum Gasteiger partial charge on any atom is -0.348 e. The first-order chi connectivity index (χ1) is 7.06. The van der Waals surface area contributed by atoms with Crippen LogP contribution in [0.4, 0.5) is 0 Å². The van der Waals surface area contributed by atoms with Gasteiger partial charge in [0.15, 0.2) is 0 Å². The summed E-state index contributed by atoms with van der Waals surface area (Å²) in [6, 6.07) is 0. The van der Waals surface area contributed by atoms with Gasteiger partial charge in [-0.25, -0.2) is 0 Å². The van der Waals surface area contributed by atoms with Crippen molar-refractivity contribution in [3.8, 4) is 0 Å². The van der Waals surface area contributed by atoms with Gasteiger partial charge in [0, 0.05) is 24.8 Å². The van der Waals surface area contributed by atoms with Crippen LogP contribution in [0.15, 0.2) is 12.2 Å². The Kier molecular flexibility index (Phi) is 3.66. The van der Waals surface area contributed by atoms with Gasteiger partial charge < -0.3 is 5.32 Å². The van der Waals surface area contributed by atoms with Gasteiger partial charge in [-0.3, -0.25) is 9.48 Å². The van der Waals surface area contributed by atoms with Crippen LogP contribution in [0.2, 0.25) is 0 Å². The molecule has 1 N–H and O–H groups in total. The molecule has 0 atom stereocenters. The summed E-state index contributed by atoms with van der Waals surface area (Å²) in [5.41, 5.74) is 3.15. The number of carbonyl (C=O) groups is 1. The van der Waals surface area contributed by atoms with Gasteiger partial charge in [-0.1, -0.05) is 6.08 Å². The molecule has 82 valence electrons. The standard InChI is InChI=1S/C11H17N3O/c1-5-6-11(15)12-7-10-8(2)13-14(4)9(10)3/h5-6H,7H2,1-4H3,(H,12,15)/b6-5+. The molecule has 0 saturated carbocycles. The number of aryl methyl sites for hydroxylation is 2. The number of rotatable bonds is 3. The number of hydrogen-bond acceptors (Lipinski definition) is 2. The molecular weight excluding hydrogens is 190 g/mol. The van der Waals surface area contributed by atoms with Gasteiger partial charge in [-0.15, -0.1) is 0 Å². The van der Waals surface area contributed by atoms with Crippen LogP contribution in [0.25, 0.3) is 0 Å². The quantitative estimate of drug-likeness (QED) is 0.758. The summed E-state index contributed by atoms with van der Waals surface area (Å²) in [4.78, 5) is 11.2. The lowest BCUT2D eigenvalue weighted by Gasteiger charge is -2.02. The van der Waals surface area contributed by atoms with Crippen molar-refractivity contribution in [3.63, 3.8) is 0 Å². The van der Waals surface area contributed by atoms with Crippen LogP contribution < -0.4 is 5.32 Å². The fourth-order valence-corrected chi connectivity index (χ4v) is 1.46. The Bertz CT molecular complexity index is 391. The zero-order chi connectivity index (χ0) is 11.4. The first-order valence-corrected chi connectivity index (χ1v) is 4.96. The van der Waals surface area contributed by atoms with Gasteiger partial charge in [-0.2, -0.15) is 5.10 Å². The molecule has 0 aliphatic rings. The highest BCUT2D eigenvalue weighted by Crippen LogP contribution is 2.10. The van der Waals surface area contributed by atoms with Crippen LogP contribution in [0.5, 0.6) is 0 Å². The fourth-order valence-electron chi connectivity index (χ4n) is 1.46. The van der Waals surface area contributed by atoms with Crippen LogP contribution >= 0.6 is 0 Å². The van der Waals surface area contributed by atoms with Crippen molar-refractivity contribution in [1.82, 2.24) is 15.1 Å². The maximum Gasteiger partial charge on any atom is 0.243 e. The van der Waals surface area contributed by atoms with Crippen LogP contribution in [0, 0.1) is 13.8 Å². The summed E-state index contributed by atoms with van der Waals surface area (Å²) in [5.74, 6) is -0.0693. The van der Waals surface area contributed by atoms with E-state index in [1.807, 2.05) is 32.5 Å². The zero-order valence-corrected chi connectivity index (χ0v) is 9.66. The van der Waals surface area contributed by atoms with Crippen molar-refractivity contribution in [3.05, 3.63) is 29.1 Å². The molecule has 1 heterocycles. The number of allylic oxidation sites excluding steroid dienone is 1. The third-order valence-corrected chi connectivity index (χ3v) is 2.42. The van der Waals surface area contributed by atoms with Crippen molar-refractivity contribution < 1.29 is 4.79 Å². The summed E-state index contributed by atoms with van der Waals surface area (Å²) in [6.45, 7) is 6.30. The first kappa shape index (κ1) is 11.5. The zero-order valence-electron chi connectivity index (χ0n) is 9.66. The number of nitrogens with one attached hydrogen (secondary N) is 1. The Morgan fingerprint density at radius 1 is 1.53 bits per heavy atom. The molecule has 0 aliphatic heterocycles. The van der Waals surface area contributed by atoms with Crippen molar-refractivity contribution >= 4 is 5.91 Å². The minimum atomic E-state index is -0.0693. The van der Waals surface area contributed by atoms with E-state index >= 15 is 0 Å². The molecule has 4 nitrogen and oxygen atoms in total. The highest BCUT2D eigenvalue weighted by Gasteiger charge is 2.09. The molecule has 0 aromatic carbocycles. The van der Waals surface area contributed by atoms with Crippen molar-refractivity contribution in [1.29, 1.82) is 0 Å². The maximum absolute atomic E-state index is 11.2.